The van der Waals surface area contributed by atoms with Crippen molar-refractivity contribution in [2.45, 2.75) is 13.5 Å². The summed E-state index contributed by atoms with van der Waals surface area (Å²) in [5.41, 5.74) is 3.60. The van der Waals surface area contributed by atoms with Crippen LogP contribution in [0.25, 0.3) is 11.5 Å². The molecule has 0 amide bonds. The number of aryl methyl sites for hydroxylation is 1. The van der Waals surface area contributed by atoms with E-state index >= 15 is 0 Å². The van der Waals surface area contributed by atoms with E-state index in [1.54, 1.807) is 10.9 Å². The average Bonchev–Trinajstić information content (AvgIpc) is 3.31. The molecule has 0 radical (unpaired) electrons. The Labute approximate surface area is 166 Å². The van der Waals surface area contributed by atoms with E-state index in [1.165, 1.54) is 0 Å². The van der Waals surface area contributed by atoms with Gasteiger partial charge < -0.3 is 4.74 Å². The maximum absolute atomic E-state index is 5.87. The van der Waals surface area contributed by atoms with E-state index in [-0.39, 0.29) is 0 Å². The predicted molar refractivity (Wildman–Crippen MR) is 110 cm³/mol. The van der Waals surface area contributed by atoms with Gasteiger partial charge in [-0.15, -0.1) is 0 Å². The lowest BCUT2D eigenvalue weighted by Gasteiger charge is -2.06. The molecule has 2 aromatic heterocycles. The van der Waals surface area contributed by atoms with Crippen molar-refractivity contribution in [2.75, 3.05) is 0 Å². The molecule has 0 saturated heterocycles. The summed E-state index contributed by atoms with van der Waals surface area (Å²) >= 11 is 5.29. The number of hydrogen-bond acceptors (Lipinski definition) is 5. The minimum Gasteiger partial charge on any atom is -0.489 e. The van der Waals surface area contributed by atoms with Crippen LogP contribution in [0, 0.1) is 11.7 Å². The largest absolute Gasteiger partial charge is 0.489 e. The molecule has 0 atom stereocenters. The summed E-state index contributed by atoms with van der Waals surface area (Å²) in [6.07, 6.45) is 1.71. The fraction of sp³-hybridized carbons (Fsp3) is 0.100. The Hall–Kier alpha value is -3.52. The lowest BCUT2D eigenvalue weighted by atomic mass is 10.2. The highest BCUT2D eigenvalue weighted by Gasteiger charge is 2.11. The van der Waals surface area contributed by atoms with Gasteiger partial charge >= 0.3 is 0 Å². The first kappa shape index (κ1) is 17.9. The molecule has 0 aliphatic carbocycles. The van der Waals surface area contributed by atoms with Crippen LogP contribution in [0.3, 0.4) is 0 Å². The van der Waals surface area contributed by atoms with E-state index in [2.05, 4.69) is 25.5 Å². The van der Waals surface area contributed by atoms with E-state index in [1.807, 2.05) is 67.6 Å². The number of nitrogens with zero attached hydrogens (tertiary/aromatic N) is 4. The third-order valence-corrected chi connectivity index (χ3v) is 4.28. The number of aromatic nitrogens is 5. The third-order valence-electron chi connectivity index (χ3n) is 4.01. The molecule has 0 unspecified atom stereocenters. The molecular weight excluding hydrogens is 372 g/mol. The van der Waals surface area contributed by atoms with E-state index < -0.39 is 0 Å². The van der Waals surface area contributed by atoms with Crippen LogP contribution in [0.2, 0.25) is 0 Å². The van der Waals surface area contributed by atoms with Crippen LogP contribution in [0.5, 0.6) is 5.75 Å². The van der Waals surface area contributed by atoms with Crippen molar-refractivity contribution < 1.29 is 4.74 Å². The van der Waals surface area contributed by atoms with E-state index in [4.69, 9.17) is 17.0 Å². The van der Waals surface area contributed by atoms with Gasteiger partial charge in [0.15, 0.2) is 0 Å². The molecule has 0 aliphatic rings. The third kappa shape index (κ3) is 4.07. The zero-order chi connectivity index (χ0) is 19.3. The Balaban J connectivity index is 1.53. The van der Waals surface area contributed by atoms with Gasteiger partial charge in [-0.1, -0.05) is 42.5 Å². The lowest BCUT2D eigenvalue weighted by Crippen LogP contribution is -1.97. The molecule has 7 nitrogen and oxygen atoms in total. The summed E-state index contributed by atoms with van der Waals surface area (Å²) in [6.45, 7) is 2.43. The van der Waals surface area contributed by atoms with Crippen LogP contribution in [-0.2, 0) is 6.61 Å². The van der Waals surface area contributed by atoms with Gasteiger partial charge in [-0.2, -0.15) is 20.0 Å². The van der Waals surface area contributed by atoms with Gasteiger partial charge in [0, 0.05) is 5.69 Å². The van der Waals surface area contributed by atoms with Crippen molar-refractivity contribution in [3.8, 4) is 17.3 Å². The summed E-state index contributed by atoms with van der Waals surface area (Å²) in [5, 5.41) is 18.5. The monoisotopic (exact) mass is 390 g/mol. The van der Waals surface area contributed by atoms with Gasteiger partial charge in [0.25, 0.3) is 0 Å². The van der Waals surface area contributed by atoms with Crippen LogP contribution in [0.1, 0.15) is 16.8 Å². The predicted octanol–water partition coefficient (Wildman–Crippen LogP) is 4.10. The molecule has 0 saturated carbocycles. The molecule has 140 valence electrons. The highest BCUT2D eigenvalue weighted by Crippen LogP contribution is 2.17. The van der Waals surface area contributed by atoms with Crippen LogP contribution < -0.4 is 4.74 Å². The minimum atomic E-state index is 0.392. The maximum Gasteiger partial charge on any atom is 0.216 e. The number of rotatable bonds is 6. The van der Waals surface area contributed by atoms with E-state index in [0.29, 0.717) is 22.9 Å². The van der Waals surface area contributed by atoms with Crippen LogP contribution in [0.4, 0.5) is 0 Å². The van der Waals surface area contributed by atoms with Gasteiger partial charge in [0.2, 0.25) is 10.6 Å². The second kappa shape index (κ2) is 8.01. The summed E-state index contributed by atoms with van der Waals surface area (Å²) in [5.74, 6) is 1.31. The number of ether oxygens (including phenoxy) is 1. The van der Waals surface area contributed by atoms with Crippen LogP contribution in [-0.4, -0.2) is 31.3 Å². The average molecular weight is 390 g/mol. The number of aromatic amines is 2. The molecule has 2 aromatic carbocycles. The Bertz CT molecular complexity index is 1160. The first-order valence-electron chi connectivity index (χ1n) is 8.70. The second-order valence-electron chi connectivity index (χ2n) is 6.19. The first-order chi connectivity index (χ1) is 13.7. The molecule has 0 bridgehead atoms. The molecule has 0 spiro atoms. The van der Waals surface area contributed by atoms with Crippen molar-refractivity contribution in [2.24, 2.45) is 5.10 Å². The molecule has 0 fully saturated rings. The van der Waals surface area contributed by atoms with Gasteiger partial charge in [0.1, 0.15) is 18.1 Å². The Morgan fingerprint density at radius 3 is 2.71 bits per heavy atom. The molecule has 2 heterocycles. The lowest BCUT2D eigenvalue weighted by molar-refractivity contribution is 0.306. The Morgan fingerprint density at radius 1 is 1.07 bits per heavy atom. The molecule has 4 aromatic rings. The number of nitrogens with one attached hydrogen (secondary N) is 2. The molecule has 8 heteroatoms. The van der Waals surface area contributed by atoms with Gasteiger partial charge in [0.05, 0.1) is 6.21 Å². The normalized spacial score (nSPS) is 11.2. The van der Waals surface area contributed by atoms with Crippen molar-refractivity contribution in [3.63, 3.8) is 0 Å². The van der Waals surface area contributed by atoms with Gasteiger partial charge in [-0.3, -0.25) is 5.10 Å². The molecule has 0 aliphatic heterocycles. The van der Waals surface area contributed by atoms with Crippen LogP contribution in [0.15, 0.2) is 65.8 Å². The quantitative estimate of drug-likeness (QED) is 0.383. The number of benzene rings is 2. The highest BCUT2D eigenvalue weighted by atomic mass is 32.1. The van der Waals surface area contributed by atoms with Crippen molar-refractivity contribution in [1.82, 2.24) is 25.1 Å². The molecule has 28 heavy (non-hydrogen) atoms. The summed E-state index contributed by atoms with van der Waals surface area (Å²) in [7, 11) is 0. The van der Waals surface area contributed by atoms with Crippen LogP contribution >= 0.6 is 12.2 Å². The Kier molecular flexibility index (Phi) is 5.11. The fourth-order valence-corrected chi connectivity index (χ4v) is 2.83. The maximum atomic E-state index is 5.87. The SMILES string of the molecule is Cc1cc(-c2n[nH]c(=S)n2N=Cc2cccc(OCc3ccccc3)c2)n[nH]1. The van der Waals surface area contributed by atoms with Crippen molar-refractivity contribution >= 4 is 18.4 Å². The highest BCUT2D eigenvalue weighted by molar-refractivity contribution is 7.71. The fourth-order valence-electron chi connectivity index (χ4n) is 2.65. The van der Waals surface area contributed by atoms with E-state index in [9.17, 15) is 0 Å². The molecule has 2 N–H and O–H groups in total. The zero-order valence-corrected chi connectivity index (χ0v) is 16.0. The van der Waals surface area contributed by atoms with Gasteiger partial charge in [-0.05, 0) is 48.5 Å². The molecular formula is C20H18N6OS. The molecule has 4 rings (SSSR count). The van der Waals surface area contributed by atoms with Gasteiger partial charge in [-0.25, -0.2) is 5.10 Å². The number of H-pyrrole nitrogens is 2. The van der Waals surface area contributed by atoms with E-state index in [0.717, 1.165) is 22.6 Å². The smallest absolute Gasteiger partial charge is 0.216 e. The van der Waals surface area contributed by atoms with Crippen molar-refractivity contribution in [3.05, 3.63) is 82.3 Å². The standard InChI is InChI=1S/C20H18N6OS/c1-14-10-18(23-22-14)19-24-25-20(28)26(19)21-12-16-8-5-9-17(11-16)27-13-15-6-3-2-4-7-15/h2-12H,13H2,1H3,(H,22,23)(H,25,28). The second-order valence-corrected chi connectivity index (χ2v) is 6.58. The Morgan fingerprint density at radius 2 is 1.93 bits per heavy atom. The zero-order valence-electron chi connectivity index (χ0n) is 15.2. The summed E-state index contributed by atoms with van der Waals surface area (Å²) in [6, 6.07) is 19.6. The summed E-state index contributed by atoms with van der Waals surface area (Å²) in [4.78, 5) is 0. The number of hydrogen-bond donors (Lipinski definition) is 2. The van der Waals surface area contributed by atoms with Crippen molar-refractivity contribution in [1.29, 1.82) is 0 Å². The minimum absolute atomic E-state index is 0.392. The first-order valence-corrected chi connectivity index (χ1v) is 9.11. The topological polar surface area (TPSA) is 83.9 Å². The summed E-state index contributed by atoms with van der Waals surface area (Å²) < 4.78 is 7.80.